The molecule has 0 aromatic heterocycles. The minimum Gasteiger partial charge on any atom is -0.449 e. The summed E-state index contributed by atoms with van der Waals surface area (Å²) in [5.41, 5.74) is 1.50. The summed E-state index contributed by atoms with van der Waals surface area (Å²) >= 11 is 0. The van der Waals surface area contributed by atoms with Crippen LogP contribution in [0.15, 0.2) is 30.3 Å². The van der Waals surface area contributed by atoms with Crippen molar-refractivity contribution < 1.29 is 19.1 Å². The molecule has 0 aliphatic heterocycles. The van der Waals surface area contributed by atoms with E-state index in [0.29, 0.717) is 5.56 Å². The zero-order valence-corrected chi connectivity index (χ0v) is 9.88. The standard InChI is InChI=1S/C14H12O4/c1-9(15)8-13(17)18-14-11-5-3-2-4-10(11)6-7-12(14)16/h2-7,14H,8H2,1H3. The third-order valence-corrected chi connectivity index (χ3v) is 2.61. The van der Waals surface area contributed by atoms with Gasteiger partial charge in [-0.3, -0.25) is 14.4 Å². The van der Waals surface area contributed by atoms with Crippen molar-refractivity contribution in [1.82, 2.24) is 0 Å². The lowest BCUT2D eigenvalue weighted by Crippen LogP contribution is -2.22. The lowest BCUT2D eigenvalue weighted by Gasteiger charge is -2.20. The highest BCUT2D eigenvalue weighted by atomic mass is 16.5. The first-order chi connectivity index (χ1) is 8.58. The minimum absolute atomic E-state index is 0.285. The number of esters is 1. The van der Waals surface area contributed by atoms with Crippen LogP contribution in [0.3, 0.4) is 0 Å². The Morgan fingerprint density at radius 2 is 1.94 bits per heavy atom. The second-order valence-electron chi connectivity index (χ2n) is 4.11. The molecule has 4 nitrogen and oxygen atoms in total. The maximum atomic E-state index is 11.7. The van der Waals surface area contributed by atoms with Gasteiger partial charge >= 0.3 is 5.97 Å². The van der Waals surface area contributed by atoms with Gasteiger partial charge < -0.3 is 4.74 Å². The fraction of sp³-hybridized carbons (Fsp3) is 0.214. The number of Topliss-reactive ketones (excluding diaryl/α,β-unsaturated/α-hetero) is 1. The molecule has 0 radical (unpaired) electrons. The number of hydrogen-bond donors (Lipinski definition) is 0. The van der Waals surface area contributed by atoms with Gasteiger partial charge in [-0.25, -0.2) is 0 Å². The third kappa shape index (κ3) is 2.53. The fourth-order valence-corrected chi connectivity index (χ4v) is 1.81. The maximum absolute atomic E-state index is 11.7. The maximum Gasteiger partial charge on any atom is 0.314 e. The summed E-state index contributed by atoms with van der Waals surface area (Å²) in [6.07, 6.45) is 1.83. The summed E-state index contributed by atoms with van der Waals surface area (Å²) in [7, 11) is 0. The van der Waals surface area contributed by atoms with Gasteiger partial charge in [0.25, 0.3) is 0 Å². The zero-order chi connectivity index (χ0) is 13.1. The number of ether oxygens (including phenoxy) is 1. The molecule has 0 saturated heterocycles. The number of rotatable bonds is 3. The van der Waals surface area contributed by atoms with Crippen molar-refractivity contribution in [1.29, 1.82) is 0 Å². The van der Waals surface area contributed by atoms with E-state index in [1.54, 1.807) is 18.2 Å². The van der Waals surface area contributed by atoms with Crippen molar-refractivity contribution >= 4 is 23.6 Å². The number of carbonyl (C=O) groups is 3. The molecule has 1 aliphatic carbocycles. The molecule has 0 fully saturated rings. The van der Waals surface area contributed by atoms with E-state index in [4.69, 9.17) is 4.74 Å². The molecule has 0 saturated carbocycles. The van der Waals surface area contributed by atoms with Crippen molar-refractivity contribution in [2.24, 2.45) is 0 Å². The van der Waals surface area contributed by atoms with Crippen molar-refractivity contribution in [3.05, 3.63) is 41.5 Å². The lowest BCUT2D eigenvalue weighted by molar-refractivity contribution is -0.155. The first-order valence-electron chi connectivity index (χ1n) is 5.57. The van der Waals surface area contributed by atoms with E-state index in [-0.39, 0.29) is 18.0 Å². The van der Waals surface area contributed by atoms with Gasteiger partial charge in [0.1, 0.15) is 12.2 Å². The van der Waals surface area contributed by atoms with E-state index in [0.717, 1.165) is 5.56 Å². The van der Waals surface area contributed by atoms with Crippen LogP contribution < -0.4 is 0 Å². The highest BCUT2D eigenvalue weighted by molar-refractivity contribution is 6.02. The SMILES string of the molecule is CC(=O)CC(=O)OC1C(=O)C=Cc2ccccc21. The van der Waals surface area contributed by atoms with E-state index in [1.165, 1.54) is 13.0 Å². The van der Waals surface area contributed by atoms with Gasteiger partial charge in [0.05, 0.1) is 0 Å². The summed E-state index contributed by atoms with van der Waals surface area (Å²) in [5.74, 6) is -1.25. The van der Waals surface area contributed by atoms with E-state index >= 15 is 0 Å². The molecule has 1 atom stereocenters. The smallest absolute Gasteiger partial charge is 0.314 e. The van der Waals surface area contributed by atoms with Crippen molar-refractivity contribution in [3.63, 3.8) is 0 Å². The Balaban J connectivity index is 2.22. The molecule has 1 aromatic carbocycles. The summed E-state index contributed by atoms with van der Waals surface area (Å²) in [4.78, 5) is 34.0. The van der Waals surface area contributed by atoms with Crippen molar-refractivity contribution in [3.8, 4) is 0 Å². The Morgan fingerprint density at radius 1 is 1.22 bits per heavy atom. The van der Waals surface area contributed by atoms with Crippen molar-refractivity contribution in [2.75, 3.05) is 0 Å². The molecule has 18 heavy (non-hydrogen) atoms. The van der Waals surface area contributed by atoms with Crippen LogP contribution in [0.5, 0.6) is 0 Å². The number of benzene rings is 1. The van der Waals surface area contributed by atoms with E-state index in [1.807, 2.05) is 12.1 Å². The molecular formula is C14H12O4. The average Bonchev–Trinajstić information content (AvgIpc) is 2.32. The highest BCUT2D eigenvalue weighted by Crippen LogP contribution is 2.28. The monoisotopic (exact) mass is 244 g/mol. The van der Waals surface area contributed by atoms with Gasteiger partial charge in [-0.2, -0.15) is 0 Å². The van der Waals surface area contributed by atoms with E-state index < -0.39 is 12.1 Å². The predicted octanol–water partition coefficient (Wildman–Crippen LogP) is 1.85. The molecule has 0 heterocycles. The average molecular weight is 244 g/mol. The predicted molar refractivity (Wildman–Crippen MR) is 64.6 cm³/mol. The van der Waals surface area contributed by atoms with Crippen LogP contribution in [0.1, 0.15) is 30.6 Å². The molecule has 2 rings (SSSR count). The topological polar surface area (TPSA) is 60.4 Å². The summed E-state index contributed by atoms with van der Waals surface area (Å²) < 4.78 is 5.08. The van der Waals surface area contributed by atoms with E-state index in [9.17, 15) is 14.4 Å². The molecule has 1 aromatic rings. The number of hydrogen-bond acceptors (Lipinski definition) is 4. The molecule has 0 bridgehead atoms. The quantitative estimate of drug-likeness (QED) is 0.601. The normalized spacial score (nSPS) is 17.2. The first kappa shape index (κ1) is 12.2. The second-order valence-corrected chi connectivity index (χ2v) is 4.11. The Bertz CT molecular complexity index is 542. The number of carbonyl (C=O) groups excluding carboxylic acids is 3. The summed E-state index contributed by atoms with van der Waals surface area (Å²) in [5, 5.41) is 0. The van der Waals surface area contributed by atoms with Gasteiger partial charge in [-0.15, -0.1) is 0 Å². The number of fused-ring (bicyclic) bond motifs is 1. The van der Waals surface area contributed by atoms with Gasteiger partial charge in [-0.1, -0.05) is 30.3 Å². The van der Waals surface area contributed by atoms with Crippen LogP contribution in [0.4, 0.5) is 0 Å². The zero-order valence-electron chi connectivity index (χ0n) is 9.88. The van der Waals surface area contributed by atoms with Crippen LogP contribution in [-0.2, 0) is 19.1 Å². The molecule has 1 unspecified atom stereocenters. The van der Waals surface area contributed by atoms with Gasteiger partial charge in [0.15, 0.2) is 6.10 Å². The highest BCUT2D eigenvalue weighted by Gasteiger charge is 2.27. The largest absolute Gasteiger partial charge is 0.449 e. The molecule has 0 N–H and O–H groups in total. The molecule has 92 valence electrons. The Kier molecular flexibility index (Phi) is 3.37. The van der Waals surface area contributed by atoms with Crippen molar-refractivity contribution in [2.45, 2.75) is 19.4 Å². The molecule has 0 spiro atoms. The summed E-state index contributed by atoms with van der Waals surface area (Å²) in [6, 6.07) is 7.19. The van der Waals surface area contributed by atoms with Gasteiger partial charge in [0, 0.05) is 5.56 Å². The molecule has 1 aliphatic rings. The summed E-state index contributed by atoms with van der Waals surface area (Å²) in [6.45, 7) is 1.30. The minimum atomic E-state index is -0.932. The Labute approximate surface area is 104 Å². The van der Waals surface area contributed by atoms with E-state index in [2.05, 4.69) is 0 Å². The lowest BCUT2D eigenvalue weighted by atomic mass is 9.94. The first-order valence-corrected chi connectivity index (χ1v) is 5.57. The van der Waals surface area contributed by atoms with Gasteiger partial charge in [-0.05, 0) is 18.6 Å². The molecule has 4 heteroatoms. The van der Waals surface area contributed by atoms with Gasteiger partial charge in [0.2, 0.25) is 5.78 Å². The Morgan fingerprint density at radius 3 is 2.67 bits per heavy atom. The van der Waals surface area contributed by atoms with Crippen LogP contribution >= 0.6 is 0 Å². The van der Waals surface area contributed by atoms with Crippen LogP contribution in [0.2, 0.25) is 0 Å². The number of ketones is 2. The Hall–Kier alpha value is -2.23. The molecule has 0 amide bonds. The van der Waals surface area contributed by atoms with Crippen LogP contribution in [0, 0.1) is 0 Å². The van der Waals surface area contributed by atoms with Crippen LogP contribution in [-0.4, -0.2) is 17.5 Å². The fourth-order valence-electron chi connectivity index (χ4n) is 1.81. The second kappa shape index (κ2) is 4.96. The van der Waals surface area contributed by atoms with Crippen LogP contribution in [0.25, 0.3) is 6.08 Å². The molecular weight excluding hydrogens is 232 g/mol. The third-order valence-electron chi connectivity index (χ3n) is 2.61.